The average Bonchev–Trinajstić information content (AvgIpc) is 0.851. The van der Waals surface area contributed by atoms with E-state index < -0.39 is 117 Å². The van der Waals surface area contributed by atoms with Gasteiger partial charge in [0.25, 0.3) is 0 Å². The summed E-state index contributed by atoms with van der Waals surface area (Å²) in [5.74, 6) is -8.27. The highest BCUT2D eigenvalue weighted by molar-refractivity contribution is 4.77. The van der Waals surface area contributed by atoms with Gasteiger partial charge in [0.15, 0.2) is 17.8 Å². The van der Waals surface area contributed by atoms with Crippen LogP contribution in [-0.2, 0) is 0 Å². The van der Waals surface area contributed by atoms with Crippen LogP contribution < -0.4 is 0 Å². The van der Waals surface area contributed by atoms with Crippen molar-refractivity contribution in [3.05, 3.63) is 0 Å². The molecule has 0 aliphatic heterocycles. The predicted octanol–water partition coefficient (Wildman–Crippen LogP) is 33.8. The van der Waals surface area contributed by atoms with Gasteiger partial charge in [-0.05, 0) is 77.9 Å². The summed E-state index contributed by atoms with van der Waals surface area (Å²) in [4.78, 5) is 0. The van der Waals surface area contributed by atoms with Gasteiger partial charge >= 0.3 is 55.6 Å². The largest absolute Gasteiger partial charge is 0.400 e. The number of halogens is 27. The van der Waals surface area contributed by atoms with Crippen LogP contribution in [-0.4, -0.2) is 55.6 Å². The highest BCUT2D eigenvalue weighted by atomic mass is 19.4. The zero-order valence-electron chi connectivity index (χ0n) is 65.6. The van der Waals surface area contributed by atoms with Crippen molar-refractivity contribution >= 4 is 0 Å². The highest BCUT2D eigenvalue weighted by Crippen LogP contribution is 2.45. The lowest BCUT2D eigenvalue weighted by Gasteiger charge is -2.24. The quantitative estimate of drug-likeness (QED) is 0.0749. The van der Waals surface area contributed by atoms with E-state index in [1.165, 1.54) is 72.6 Å². The third kappa shape index (κ3) is 105. The second-order valence-corrected chi connectivity index (χ2v) is 29.1. The molecule has 0 aliphatic rings. The molecule has 0 saturated heterocycles. The van der Waals surface area contributed by atoms with Crippen molar-refractivity contribution in [2.75, 3.05) is 0 Å². The Kier molecular flexibility index (Phi) is 74.9. The van der Waals surface area contributed by atoms with Crippen LogP contribution in [0.5, 0.6) is 0 Å². The van der Waals surface area contributed by atoms with Crippen LogP contribution in [0.1, 0.15) is 335 Å². The first-order valence-corrected chi connectivity index (χ1v) is 35.3. The second kappa shape index (κ2) is 61.3. The Morgan fingerprint density at radius 1 is 0.263 bits per heavy atom. The predicted molar refractivity (Wildman–Crippen MR) is 358 cm³/mol. The molecule has 0 amide bonds. The fraction of sp³-hybridized carbons (Fsp3) is 1.00. The minimum absolute atomic E-state index is 0.0658. The molecule has 27 heteroatoms. The molecule has 0 N–H and O–H groups in total. The molecule has 0 fully saturated rings. The summed E-state index contributed by atoms with van der Waals surface area (Å²) in [7, 11) is 0. The Labute approximate surface area is 583 Å². The van der Waals surface area contributed by atoms with Gasteiger partial charge in [0.1, 0.15) is 0 Å². The van der Waals surface area contributed by atoms with Gasteiger partial charge < -0.3 is 0 Å². The van der Waals surface area contributed by atoms with Crippen LogP contribution in [0, 0.1) is 75.9 Å². The molecule has 99 heavy (non-hydrogen) atoms. The summed E-state index contributed by atoms with van der Waals surface area (Å²) in [6.07, 6.45) is -32.5. The van der Waals surface area contributed by atoms with Gasteiger partial charge in [0, 0.05) is 12.8 Å². The lowest BCUT2D eigenvalue weighted by molar-refractivity contribution is -0.288. The monoisotopic (exact) mass is 1520 g/mol. The Balaban J connectivity index is -0.0000000967. The molecule has 0 aromatic rings. The molecule has 0 nitrogen and oxygen atoms in total. The molecule has 0 aromatic heterocycles. The lowest BCUT2D eigenvalue weighted by Crippen LogP contribution is -2.37. The van der Waals surface area contributed by atoms with Gasteiger partial charge in [-0.3, -0.25) is 0 Å². The fourth-order valence-corrected chi connectivity index (χ4v) is 5.97. The molecule has 616 valence electrons. The first kappa shape index (κ1) is 121. The summed E-state index contributed by atoms with van der Waals surface area (Å²) in [5.41, 5.74) is 1.08. The topological polar surface area (TPSA) is 0 Å². The molecule has 0 radical (unpaired) electrons. The smallest absolute Gasteiger partial charge is 0.171 e. The molecule has 3 atom stereocenters. The summed E-state index contributed by atoms with van der Waals surface area (Å²) >= 11 is 0. The van der Waals surface area contributed by atoms with Gasteiger partial charge in [0.2, 0.25) is 0 Å². The first-order valence-electron chi connectivity index (χ1n) is 35.3. The molecule has 0 heterocycles. The maximum Gasteiger partial charge on any atom is 0.400 e. The molecular formula is C72H139F27. The minimum atomic E-state index is -5.19. The Morgan fingerprint density at radius 2 is 0.556 bits per heavy atom. The van der Waals surface area contributed by atoms with Crippen molar-refractivity contribution in [2.45, 2.75) is 391 Å². The van der Waals surface area contributed by atoms with E-state index in [1.54, 1.807) is 27.7 Å². The maximum atomic E-state index is 11.9. The zero-order chi connectivity index (χ0) is 82.4. The Morgan fingerprint density at radius 3 is 0.697 bits per heavy atom. The normalized spacial score (nSPS) is 13.5. The zero-order valence-corrected chi connectivity index (χ0v) is 65.6. The van der Waals surface area contributed by atoms with Gasteiger partial charge in [0.05, 0.1) is 5.92 Å². The number of unbranched alkanes of at least 4 members (excludes halogenated alkanes) is 5. The Bertz CT molecular complexity index is 1580. The van der Waals surface area contributed by atoms with E-state index >= 15 is 0 Å². The van der Waals surface area contributed by atoms with Crippen LogP contribution in [0.2, 0.25) is 0 Å². The SMILES string of the molecule is CC(C)C(C)C.CC(C)CC(C(F)(F)F)C(F)(F)F.CCC(C)(C)C.CCC(C)(C)C.CCC(C)CC.CCCC(C(F)(F)F)C(F)(F)F.CCCCC(C(F)(F)F)C(F)(F)F.CCCCC(C)C.CCCCCCC(F)(F)F.CCC[C@H](C)CC(F)(F)F.CC[C@H](C)C(C)C(F)(F)F. The summed E-state index contributed by atoms with van der Waals surface area (Å²) < 4.78 is 317. The minimum Gasteiger partial charge on any atom is -0.171 e. The number of alkyl halides is 27. The second-order valence-electron chi connectivity index (χ2n) is 29.1. The van der Waals surface area contributed by atoms with E-state index in [4.69, 9.17) is 0 Å². The average molecular weight is 1520 g/mol. The Hall–Kier alpha value is -1.89. The van der Waals surface area contributed by atoms with Crippen molar-refractivity contribution in [2.24, 2.45) is 75.9 Å². The number of hydrogen-bond donors (Lipinski definition) is 0. The van der Waals surface area contributed by atoms with Crippen molar-refractivity contribution in [1.29, 1.82) is 0 Å². The molecule has 0 spiro atoms. The van der Waals surface area contributed by atoms with E-state index in [0.717, 1.165) is 42.9 Å². The molecule has 0 saturated carbocycles. The maximum absolute atomic E-state index is 11.9. The van der Waals surface area contributed by atoms with Crippen LogP contribution in [0.25, 0.3) is 0 Å². The molecular weight excluding hydrogens is 1380 g/mol. The summed E-state index contributed by atoms with van der Waals surface area (Å²) in [6.45, 7) is 56.0. The van der Waals surface area contributed by atoms with E-state index in [1.807, 2.05) is 13.8 Å². The van der Waals surface area contributed by atoms with Gasteiger partial charge in [-0.2, -0.15) is 119 Å². The van der Waals surface area contributed by atoms with Gasteiger partial charge in [-0.15, -0.1) is 0 Å². The molecule has 1 unspecified atom stereocenters. The van der Waals surface area contributed by atoms with Crippen LogP contribution in [0.15, 0.2) is 0 Å². The molecule has 0 aromatic carbocycles. The van der Waals surface area contributed by atoms with Crippen molar-refractivity contribution in [1.82, 2.24) is 0 Å². The van der Waals surface area contributed by atoms with Crippen molar-refractivity contribution < 1.29 is 119 Å². The van der Waals surface area contributed by atoms with Gasteiger partial charge in [-0.1, -0.05) is 297 Å². The molecule has 0 rings (SSSR count). The van der Waals surface area contributed by atoms with Crippen LogP contribution in [0.4, 0.5) is 119 Å². The van der Waals surface area contributed by atoms with Crippen LogP contribution in [0.3, 0.4) is 0 Å². The van der Waals surface area contributed by atoms with E-state index in [0.29, 0.717) is 36.5 Å². The third-order valence-corrected chi connectivity index (χ3v) is 15.2. The first-order chi connectivity index (χ1) is 43.7. The fourth-order valence-electron chi connectivity index (χ4n) is 5.97. The standard InChI is InChI=1S/2C7H10F6.3C7H13F3.C7H16.C6H8F6.4C6H14/c1-4(2)3-5(6(8,9)10)7(11,12)13;1-2-3-4-5(6(8,9)10)7(11,12)13;1-4-5(2)6(3)7(8,9)10;1-3-4-6(2)5-7(8,9)10;1-2-3-4-5-6-7(8,9)10;1-4-5-6-7(2)3;1-2-3-4(5(7,8)9)6(10,11)12;2*1-5-6(2,3)4;1-5(2)6(3)4;1-4-6(3)5-2/h4-5H,3H2,1-2H3;5H,2-4H2,1H3;5-6H,4H2,1-3H3;6H,3-5H2,1-2H3;2-6H2,1H3;7H,4-6H2,1-3H3;4H,2-3H2,1H3;2*5H2,1-4H3;5-6H,1-4H3;6H,4-5H2,1-3H3/t;;5-,6?;6-;;;;;;;/m..00......./s1. The highest BCUT2D eigenvalue weighted by Gasteiger charge is 2.57. The van der Waals surface area contributed by atoms with E-state index in [-0.39, 0.29) is 31.1 Å². The third-order valence-electron chi connectivity index (χ3n) is 15.2. The van der Waals surface area contributed by atoms with E-state index in [9.17, 15) is 119 Å². The number of rotatable bonds is 22. The number of hydrogen-bond acceptors (Lipinski definition) is 0. The summed E-state index contributed by atoms with van der Waals surface area (Å²) in [6, 6.07) is 0. The lowest BCUT2D eigenvalue weighted by atomic mass is 9.93. The molecule has 0 bridgehead atoms. The summed E-state index contributed by atoms with van der Waals surface area (Å²) in [5, 5.41) is 0. The van der Waals surface area contributed by atoms with Crippen molar-refractivity contribution in [3.63, 3.8) is 0 Å². The van der Waals surface area contributed by atoms with Crippen LogP contribution >= 0.6 is 0 Å². The van der Waals surface area contributed by atoms with Crippen molar-refractivity contribution in [3.8, 4) is 0 Å². The van der Waals surface area contributed by atoms with E-state index in [2.05, 4.69) is 125 Å². The van der Waals surface area contributed by atoms with Gasteiger partial charge in [-0.25, -0.2) is 0 Å². The molecule has 0 aliphatic carbocycles.